The van der Waals surface area contributed by atoms with E-state index in [1.54, 1.807) is 0 Å². The molecule has 0 aromatic heterocycles. The lowest BCUT2D eigenvalue weighted by atomic mass is 9.82. The summed E-state index contributed by atoms with van der Waals surface area (Å²) in [5.41, 5.74) is 0.114. The van der Waals surface area contributed by atoms with Gasteiger partial charge in [-0.2, -0.15) is 0 Å². The summed E-state index contributed by atoms with van der Waals surface area (Å²) < 4.78 is 5.86. The highest BCUT2D eigenvalue weighted by Crippen LogP contribution is 2.38. The molecule has 2 atom stereocenters. The number of nitrogens with one attached hydrogen (secondary N) is 1. The number of rotatable bonds is 6. The second-order valence-corrected chi connectivity index (χ2v) is 5.01. The van der Waals surface area contributed by atoms with Gasteiger partial charge >= 0.3 is 0 Å². The van der Waals surface area contributed by atoms with E-state index in [0.29, 0.717) is 12.0 Å². The Bertz CT molecular complexity index is 175. The van der Waals surface area contributed by atoms with Crippen LogP contribution in [0.15, 0.2) is 0 Å². The summed E-state index contributed by atoms with van der Waals surface area (Å²) in [4.78, 5) is 0. The van der Waals surface area contributed by atoms with Crippen LogP contribution in [0.4, 0.5) is 0 Å². The van der Waals surface area contributed by atoms with Gasteiger partial charge in [0.1, 0.15) is 0 Å². The fraction of sp³-hybridized carbons (Fsp3) is 1.00. The van der Waals surface area contributed by atoms with Gasteiger partial charge in [0.25, 0.3) is 0 Å². The Morgan fingerprint density at radius 3 is 2.33 bits per heavy atom. The van der Waals surface area contributed by atoms with E-state index in [-0.39, 0.29) is 5.60 Å². The summed E-state index contributed by atoms with van der Waals surface area (Å²) in [6.45, 7) is 4.61. The summed E-state index contributed by atoms with van der Waals surface area (Å²) in [7, 11) is 3.96. The largest absolute Gasteiger partial charge is 0.377 e. The molecule has 1 saturated carbocycles. The van der Waals surface area contributed by atoms with Crippen LogP contribution in [-0.4, -0.2) is 25.8 Å². The number of methoxy groups -OCH3 is 1. The van der Waals surface area contributed by atoms with Crippen molar-refractivity contribution in [1.82, 2.24) is 5.32 Å². The highest BCUT2D eigenvalue weighted by atomic mass is 16.5. The van der Waals surface area contributed by atoms with Crippen molar-refractivity contribution in [2.45, 2.75) is 64.0 Å². The van der Waals surface area contributed by atoms with Gasteiger partial charge in [-0.05, 0) is 32.2 Å². The first-order valence-electron chi connectivity index (χ1n) is 6.42. The minimum atomic E-state index is 0.114. The fourth-order valence-electron chi connectivity index (χ4n) is 3.30. The van der Waals surface area contributed by atoms with Crippen LogP contribution < -0.4 is 5.32 Å². The molecule has 2 nitrogen and oxygen atoms in total. The molecule has 1 aliphatic rings. The SMILES string of the molecule is CCCC(C)C(NC)C1(OC)CCCC1. The Morgan fingerprint density at radius 2 is 1.93 bits per heavy atom. The van der Waals surface area contributed by atoms with Crippen LogP contribution >= 0.6 is 0 Å². The van der Waals surface area contributed by atoms with E-state index in [4.69, 9.17) is 4.74 Å². The van der Waals surface area contributed by atoms with Gasteiger partial charge in [-0.25, -0.2) is 0 Å². The third kappa shape index (κ3) is 2.73. The quantitative estimate of drug-likeness (QED) is 0.732. The van der Waals surface area contributed by atoms with Gasteiger partial charge < -0.3 is 10.1 Å². The van der Waals surface area contributed by atoms with E-state index in [2.05, 4.69) is 26.2 Å². The molecule has 0 bridgehead atoms. The van der Waals surface area contributed by atoms with Crippen molar-refractivity contribution in [2.75, 3.05) is 14.2 Å². The predicted octanol–water partition coefficient (Wildman–Crippen LogP) is 2.97. The summed E-state index contributed by atoms with van der Waals surface area (Å²) in [6, 6.07) is 0.518. The average Bonchev–Trinajstić information content (AvgIpc) is 2.69. The molecule has 0 spiro atoms. The molecule has 0 aromatic rings. The van der Waals surface area contributed by atoms with Gasteiger partial charge in [-0.15, -0.1) is 0 Å². The maximum atomic E-state index is 5.86. The lowest BCUT2D eigenvalue weighted by Crippen LogP contribution is -2.52. The molecule has 90 valence electrons. The lowest BCUT2D eigenvalue weighted by Gasteiger charge is -2.40. The van der Waals surface area contributed by atoms with E-state index < -0.39 is 0 Å². The molecule has 1 N–H and O–H groups in total. The molecule has 0 heterocycles. The topological polar surface area (TPSA) is 21.3 Å². The van der Waals surface area contributed by atoms with Crippen molar-refractivity contribution in [2.24, 2.45) is 5.92 Å². The molecular weight excluding hydrogens is 186 g/mol. The number of hydrogen-bond donors (Lipinski definition) is 1. The van der Waals surface area contributed by atoms with E-state index in [1.807, 2.05) is 7.11 Å². The van der Waals surface area contributed by atoms with Crippen molar-refractivity contribution < 1.29 is 4.74 Å². The summed E-state index contributed by atoms with van der Waals surface area (Å²) >= 11 is 0. The second kappa shape index (κ2) is 5.86. The predicted molar refractivity (Wildman–Crippen MR) is 65.1 cm³/mol. The molecule has 0 saturated heterocycles. The number of likely N-dealkylation sites (N-methyl/N-ethyl adjacent to an activating group) is 1. The molecule has 0 radical (unpaired) electrons. The maximum absolute atomic E-state index is 5.86. The van der Waals surface area contributed by atoms with Gasteiger partial charge in [-0.1, -0.05) is 33.1 Å². The molecule has 2 unspecified atom stereocenters. The minimum absolute atomic E-state index is 0.114. The van der Waals surface area contributed by atoms with Gasteiger partial charge in [0.05, 0.1) is 5.60 Å². The maximum Gasteiger partial charge on any atom is 0.0833 e. The Kier molecular flexibility index (Phi) is 5.07. The van der Waals surface area contributed by atoms with Crippen LogP contribution in [0.1, 0.15) is 52.4 Å². The van der Waals surface area contributed by atoms with Crippen LogP contribution in [0.3, 0.4) is 0 Å². The Hall–Kier alpha value is -0.0800. The first kappa shape index (κ1) is 13.0. The summed E-state index contributed by atoms with van der Waals surface area (Å²) in [5.74, 6) is 0.707. The zero-order chi connectivity index (χ0) is 11.3. The third-order valence-corrected chi connectivity index (χ3v) is 4.05. The molecule has 0 aliphatic heterocycles. The first-order chi connectivity index (χ1) is 7.20. The fourth-order valence-corrected chi connectivity index (χ4v) is 3.30. The van der Waals surface area contributed by atoms with Crippen molar-refractivity contribution in [3.8, 4) is 0 Å². The van der Waals surface area contributed by atoms with Crippen LogP contribution in [-0.2, 0) is 4.74 Å². The molecule has 1 aliphatic carbocycles. The second-order valence-electron chi connectivity index (χ2n) is 5.01. The van der Waals surface area contributed by atoms with Crippen LogP contribution in [0.5, 0.6) is 0 Å². The van der Waals surface area contributed by atoms with Gasteiger partial charge in [0.15, 0.2) is 0 Å². The normalized spacial score (nSPS) is 24.0. The van der Waals surface area contributed by atoms with Gasteiger partial charge in [0.2, 0.25) is 0 Å². The van der Waals surface area contributed by atoms with Gasteiger partial charge in [-0.3, -0.25) is 0 Å². The average molecular weight is 213 g/mol. The Balaban J connectivity index is 2.69. The summed E-state index contributed by atoms with van der Waals surface area (Å²) in [5, 5.41) is 3.50. The summed E-state index contributed by atoms with van der Waals surface area (Å²) in [6.07, 6.45) is 7.65. The van der Waals surface area contributed by atoms with E-state index in [1.165, 1.54) is 38.5 Å². The zero-order valence-electron chi connectivity index (χ0n) is 10.8. The van der Waals surface area contributed by atoms with E-state index in [0.717, 1.165) is 0 Å². The number of hydrogen-bond acceptors (Lipinski definition) is 2. The monoisotopic (exact) mass is 213 g/mol. The van der Waals surface area contributed by atoms with Crippen molar-refractivity contribution in [1.29, 1.82) is 0 Å². The Labute approximate surface area is 94.8 Å². The minimum Gasteiger partial charge on any atom is -0.377 e. The molecule has 2 heteroatoms. The van der Waals surface area contributed by atoms with Crippen molar-refractivity contribution >= 4 is 0 Å². The lowest BCUT2D eigenvalue weighted by molar-refractivity contribution is -0.0487. The highest BCUT2D eigenvalue weighted by molar-refractivity contribution is 4.98. The molecule has 15 heavy (non-hydrogen) atoms. The smallest absolute Gasteiger partial charge is 0.0833 e. The molecule has 1 rings (SSSR count). The molecule has 0 amide bonds. The van der Waals surface area contributed by atoms with Crippen molar-refractivity contribution in [3.05, 3.63) is 0 Å². The van der Waals surface area contributed by atoms with Crippen molar-refractivity contribution in [3.63, 3.8) is 0 Å². The van der Waals surface area contributed by atoms with Crippen LogP contribution in [0.25, 0.3) is 0 Å². The molecule has 0 aromatic carbocycles. The highest BCUT2D eigenvalue weighted by Gasteiger charge is 2.42. The third-order valence-electron chi connectivity index (χ3n) is 4.05. The van der Waals surface area contributed by atoms with E-state index >= 15 is 0 Å². The molecular formula is C13H27NO. The van der Waals surface area contributed by atoms with Gasteiger partial charge in [0, 0.05) is 13.2 Å². The standard InChI is InChI=1S/C13H27NO/c1-5-8-11(2)12(14-3)13(15-4)9-6-7-10-13/h11-12,14H,5-10H2,1-4H3. The first-order valence-corrected chi connectivity index (χ1v) is 6.42. The number of ether oxygens (including phenoxy) is 1. The van der Waals surface area contributed by atoms with Crippen LogP contribution in [0, 0.1) is 5.92 Å². The molecule has 1 fully saturated rings. The zero-order valence-corrected chi connectivity index (χ0v) is 10.8. The van der Waals surface area contributed by atoms with E-state index in [9.17, 15) is 0 Å². The van der Waals surface area contributed by atoms with Crippen LogP contribution in [0.2, 0.25) is 0 Å². The Morgan fingerprint density at radius 1 is 1.33 bits per heavy atom.